The Morgan fingerprint density at radius 3 is 2.67 bits per heavy atom. The third-order valence-electron chi connectivity index (χ3n) is 7.94. The van der Waals surface area contributed by atoms with E-state index in [0.29, 0.717) is 46.4 Å². The third kappa shape index (κ3) is 6.56. The summed E-state index contributed by atoms with van der Waals surface area (Å²) in [7, 11) is -3.11. The fraction of sp³-hybridized carbons (Fsp3) is 0.375. The standard InChI is InChI=1S/C32H31F3O6S/c1-18-5-6-24(40-9-4-10-42(3,38)39)7-8-25(18)21-12-20(13-23(14-21)32(33,34)35)17-41-28-16-22-15-27-29(30(27)31(36)37)26(22)11-19(28)2/h6-8,11-14,16,27-30H,2,4,9-10,15,17H2,1,3H3,(H,36,37)/t27-,28?,29+,30+/m1/s1. The van der Waals surface area contributed by atoms with Crippen LogP contribution >= 0.6 is 0 Å². The summed E-state index contributed by atoms with van der Waals surface area (Å²) in [5.74, 6) is -0.646. The second-order valence-electron chi connectivity index (χ2n) is 11.2. The smallest absolute Gasteiger partial charge is 0.416 e. The van der Waals surface area contributed by atoms with E-state index in [1.165, 1.54) is 0 Å². The van der Waals surface area contributed by atoms with E-state index in [0.717, 1.165) is 29.5 Å². The van der Waals surface area contributed by atoms with Gasteiger partial charge in [0.1, 0.15) is 21.7 Å². The number of alkyl halides is 3. The third-order valence-corrected chi connectivity index (χ3v) is 8.97. The highest BCUT2D eigenvalue weighted by molar-refractivity contribution is 7.90. The van der Waals surface area contributed by atoms with Crippen LogP contribution in [-0.2, 0) is 36.9 Å². The summed E-state index contributed by atoms with van der Waals surface area (Å²) in [5.41, 5.74) is 6.71. The fourth-order valence-electron chi connectivity index (χ4n) is 5.84. The summed E-state index contributed by atoms with van der Waals surface area (Å²) in [6.07, 6.45) is 5.66. The lowest BCUT2D eigenvalue weighted by atomic mass is 9.90. The monoisotopic (exact) mass is 600 g/mol. The summed E-state index contributed by atoms with van der Waals surface area (Å²) in [5, 5.41) is 9.37. The molecule has 0 bridgehead atoms. The lowest BCUT2D eigenvalue weighted by Crippen LogP contribution is -2.18. The minimum absolute atomic E-state index is 0.00289. The molecule has 0 aromatic heterocycles. The predicted octanol–water partition coefficient (Wildman–Crippen LogP) is 6.20. The number of fused-ring (bicyclic) bond motifs is 3. The Morgan fingerprint density at radius 1 is 1.21 bits per heavy atom. The van der Waals surface area contributed by atoms with Crippen molar-refractivity contribution in [1.82, 2.24) is 0 Å². The van der Waals surface area contributed by atoms with Gasteiger partial charge in [-0.05, 0) is 101 Å². The molecule has 0 saturated heterocycles. The Bertz CT molecular complexity index is 1630. The van der Waals surface area contributed by atoms with E-state index in [1.54, 1.807) is 31.2 Å². The van der Waals surface area contributed by atoms with Crippen molar-refractivity contribution in [2.75, 3.05) is 18.6 Å². The molecule has 0 amide bonds. The maximum atomic E-state index is 13.9. The zero-order valence-electron chi connectivity index (χ0n) is 23.2. The predicted molar refractivity (Wildman–Crippen MR) is 152 cm³/mol. The zero-order chi connectivity index (χ0) is 30.4. The normalized spacial score (nSPS) is 24.9. The molecule has 0 aliphatic heterocycles. The lowest BCUT2D eigenvalue weighted by molar-refractivity contribution is -0.139. The first-order chi connectivity index (χ1) is 19.7. The van der Waals surface area contributed by atoms with Crippen LogP contribution in [0.5, 0.6) is 0 Å². The molecule has 1 N–H and O–H groups in total. The summed E-state index contributed by atoms with van der Waals surface area (Å²) in [6.45, 7) is 5.88. The number of rotatable bonds is 10. The number of carboxylic acids is 1. The van der Waals surface area contributed by atoms with Crippen molar-refractivity contribution in [2.24, 2.45) is 17.8 Å². The molecule has 0 heterocycles. The van der Waals surface area contributed by atoms with E-state index >= 15 is 0 Å². The number of carbonyl (C=O) groups is 1. The van der Waals surface area contributed by atoms with Crippen LogP contribution in [0.4, 0.5) is 13.2 Å². The van der Waals surface area contributed by atoms with Gasteiger partial charge in [0.05, 0.1) is 30.4 Å². The summed E-state index contributed by atoms with van der Waals surface area (Å²) < 4.78 is 76.1. The number of aliphatic carboxylic acids is 1. The molecule has 4 aliphatic carbocycles. The molecular weight excluding hydrogens is 569 g/mol. The molecule has 1 unspecified atom stereocenters. The first kappa shape index (κ1) is 29.9. The average molecular weight is 601 g/mol. The fourth-order valence-corrected chi connectivity index (χ4v) is 6.49. The van der Waals surface area contributed by atoms with Crippen LogP contribution in [0.3, 0.4) is 0 Å². The van der Waals surface area contributed by atoms with E-state index in [2.05, 4.69) is 12.3 Å². The van der Waals surface area contributed by atoms with Gasteiger partial charge in [0, 0.05) is 18.2 Å². The highest BCUT2D eigenvalue weighted by Gasteiger charge is 2.61. The van der Waals surface area contributed by atoms with Gasteiger partial charge in [-0.1, -0.05) is 12.7 Å². The topological polar surface area (TPSA) is 89.9 Å². The minimum Gasteiger partial charge on any atom is -0.493 e. The molecule has 0 spiro atoms. The molecule has 42 heavy (non-hydrogen) atoms. The maximum absolute atomic E-state index is 13.9. The van der Waals surface area contributed by atoms with E-state index in [1.807, 2.05) is 12.2 Å². The van der Waals surface area contributed by atoms with Crippen molar-refractivity contribution >= 4 is 21.4 Å². The van der Waals surface area contributed by atoms with Crippen LogP contribution in [0.2, 0.25) is 0 Å². The van der Waals surface area contributed by atoms with Crippen LogP contribution in [0.25, 0.3) is 5.57 Å². The van der Waals surface area contributed by atoms with Crippen molar-refractivity contribution < 1.29 is 41.0 Å². The van der Waals surface area contributed by atoms with Crippen LogP contribution in [0.15, 0.2) is 88.9 Å². The lowest BCUT2D eigenvalue weighted by Gasteiger charge is -2.23. The Morgan fingerprint density at radius 2 is 1.98 bits per heavy atom. The maximum Gasteiger partial charge on any atom is 0.416 e. The number of ether oxygens (including phenoxy) is 2. The van der Waals surface area contributed by atoms with Crippen molar-refractivity contribution in [3.05, 3.63) is 106 Å². The van der Waals surface area contributed by atoms with Crippen molar-refractivity contribution in [3.63, 3.8) is 0 Å². The number of carboxylic acid groups (broad SMARTS) is 1. The van der Waals surface area contributed by atoms with Crippen LogP contribution in [-0.4, -0.2) is 44.2 Å². The Hall–Kier alpha value is -3.59. The molecule has 0 radical (unpaired) electrons. The summed E-state index contributed by atoms with van der Waals surface area (Å²) in [4.78, 5) is 11.4. The van der Waals surface area contributed by atoms with Crippen LogP contribution in [0, 0.1) is 17.8 Å². The molecule has 1 aromatic rings. The molecule has 5 rings (SSSR count). The van der Waals surface area contributed by atoms with Gasteiger partial charge in [0.15, 0.2) is 0 Å². The van der Waals surface area contributed by atoms with Gasteiger partial charge in [-0.2, -0.15) is 13.2 Å². The van der Waals surface area contributed by atoms with Crippen LogP contribution in [0.1, 0.15) is 36.5 Å². The van der Waals surface area contributed by atoms with Crippen molar-refractivity contribution in [1.29, 1.82) is 0 Å². The number of hydrogen-bond donors (Lipinski definition) is 1. The highest BCUT2D eigenvalue weighted by atomic mass is 32.2. The largest absolute Gasteiger partial charge is 0.493 e. The van der Waals surface area contributed by atoms with Gasteiger partial charge < -0.3 is 14.6 Å². The van der Waals surface area contributed by atoms with Gasteiger partial charge in [-0.15, -0.1) is 5.73 Å². The number of allylic oxidation sites excluding steroid dienone is 6. The van der Waals surface area contributed by atoms with Gasteiger partial charge in [0.25, 0.3) is 0 Å². The first-order valence-electron chi connectivity index (χ1n) is 13.5. The number of halogens is 3. The quantitative estimate of drug-likeness (QED) is 0.254. The van der Waals surface area contributed by atoms with Gasteiger partial charge in [-0.3, -0.25) is 4.79 Å². The number of benzene rings is 1. The first-order valence-corrected chi connectivity index (χ1v) is 15.6. The zero-order valence-corrected chi connectivity index (χ0v) is 24.0. The second-order valence-corrected chi connectivity index (χ2v) is 13.4. The molecule has 222 valence electrons. The Kier molecular flexibility index (Phi) is 8.00. The van der Waals surface area contributed by atoms with Crippen LogP contribution < -0.4 is 0 Å². The Balaban J connectivity index is 1.32. The van der Waals surface area contributed by atoms with E-state index in [9.17, 15) is 31.5 Å². The van der Waals surface area contributed by atoms with E-state index in [4.69, 9.17) is 9.47 Å². The minimum atomic E-state index is -4.58. The SMILES string of the molecule is C=C1C=C2C(=CC1OCc1cc(C3=CC=C(OCCCS(C)(=O)=O)C=C=C3C)cc(C(F)(F)F)c1)C[C@H]1[C@H](C(=O)O)[C@@H]21. The molecule has 10 heteroatoms. The van der Waals surface area contributed by atoms with Gasteiger partial charge >= 0.3 is 12.1 Å². The molecule has 2 saturated carbocycles. The van der Waals surface area contributed by atoms with E-state index < -0.39 is 33.7 Å². The van der Waals surface area contributed by atoms with Crippen molar-refractivity contribution in [2.45, 2.75) is 38.7 Å². The summed E-state index contributed by atoms with van der Waals surface area (Å²) >= 11 is 0. The molecule has 2 fully saturated rings. The average Bonchev–Trinajstić information content (AvgIpc) is 3.55. The van der Waals surface area contributed by atoms with Gasteiger partial charge in [-0.25, -0.2) is 8.42 Å². The highest BCUT2D eigenvalue weighted by Crippen LogP contribution is 2.63. The summed E-state index contributed by atoms with van der Waals surface area (Å²) in [6, 6.07) is 3.82. The molecule has 1 aromatic carbocycles. The van der Waals surface area contributed by atoms with Gasteiger partial charge in [0.2, 0.25) is 0 Å². The molecule has 6 nitrogen and oxygen atoms in total. The molecule has 4 aliphatic rings. The molecular formula is C32H31F3O6S. The second kappa shape index (κ2) is 11.2. The van der Waals surface area contributed by atoms with Crippen molar-refractivity contribution in [3.8, 4) is 0 Å². The van der Waals surface area contributed by atoms with E-state index in [-0.39, 0.29) is 36.7 Å². The number of sulfone groups is 1. The molecule has 4 atom stereocenters. The number of hydrogen-bond acceptors (Lipinski definition) is 5. The Labute approximate surface area is 242 Å².